The predicted molar refractivity (Wildman–Crippen MR) is 76.5 cm³/mol. The molecule has 1 aliphatic carbocycles. The first kappa shape index (κ1) is 15.5. The van der Waals surface area contributed by atoms with Gasteiger partial charge in [0.2, 0.25) is 5.91 Å². The van der Waals surface area contributed by atoms with Crippen molar-refractivity contribution in [2.75, 3.05) is 13.1 Å². The molecule has 1 fully saturated rings. The third-order valence-corrected chi connectivity index (χ3v) is 3.75. The van der Waals surface area contributed by atoms with E-state index in [0.29, 0.717) is 18.4 Å². The maximum Gasteiger partial charge on any atom is 0.221 e. The number of hydrogen-bond acceptors (Lipinski definition) is 2. The van der Waals surface area contributed by atoms with Crippen molar-refractivity contribution in [3.8, 4) is 0 Å². The number of amides is 1. The monoisotopic (exact) mass is 254 g/mol. The van der Waals surface area contributed by atoms with Crippen LogP contribution < -0.4 is 10.6 Å². The summed E-state index contributed by atoms with van der Waals surface area (Å²) in [6, 6.07) is 0.632. The zero-order chi connectivity index (χ0) is 13.4. The molecule has 3 nitrogen and oxygen atoms in total. The summed E-state index contributed by atoms with van der Waals surface area (Å²) in [5, 5.41) is 6.50. The molecule has 0 heterocycles. The van der Waals surface area contributed by atoms with E-state index in [1.165, 1.54) is 32.1 Å². The summed E-state index contributed by atoms with van der Waals surface area (Å²) in [7, 11) is 0. The molecular weight excluding hydrogens is 224 g/mol. The molecule has 0 aromatic heterocycles. The standard InChI is InChI=1S/C15H30N2O/c1-12(2)11-17-15(18)9-10-16-14-6-4-5-13(3)7-8-14/h12-14,16H,4-11H2,1-3H3,(H,17,18). The third-order valence-electron chi connectivity index (χ3n) is 3.75. The molecule has 1 saturated carbocycles. The van der Waals surface area contributed by atoms with E-state index in [2.05, 4.69) is 31.4 Å². The van der Waals surface area contributed by atoms with Crippen LogP contribution in [0.5, 0.6) is 0 Å². The zero-order valence-electron chi connectivity index (χ0n) is 12.3. The van der Waals surface area contributed by atoms with Crippen LogP contribution in [0.15, 0.2) is 0 Å². The zero-order valence-corrected chi connectivity index (χ0v) is 12.3. The molecular formula is C15H30N2O. The molecule has 0 aromatic carbocycles. The average molecular weight is 254 g/mol. The van der Waals surface area contributed by atoms with Gasteiger partial charge in [0.1, 0.15) is 0 Å². The summed E-state index contributed by atoms with van der Waals surface area (Å²) in [4.78, 5) is 11.6. The second-order valence-electron chi connectivity index (χ2n) is 6.21. The highest BCUT2D eigenvalue weighted by molar-refractivity contribution is 5.76. The highest BCUT2D eigenvalue weighted by atomic mass is 16.1. The Morgan fingerprint density at radius 2 is 2.00 bits per heavy atom. The molecule has 2 N–H and O–H groups in total. The van der Waals surface area contributed by atoms with Crippen LogP contribution in [0.2, 0.25) is 0 Å². The summed E-state index contributed by atoms with van der Waals surface area (Å²) >= 11 is 0. The van der Waals surface area contributed by atoms with Crippen molar-refractivity contribution < 1.29 is 4.79 Å². The maximum atomic E-state index is 11.6. The topological polar surface area (TPSA) is 41.1 Å². The summed E-state index contributed by atoms with van der Waals surface area (Å²) in [6.45, 7) is 8.20. The second kappa shape index (κ2) is 8.52. The summed E-state index contributed by atoms with van der Waals surface area (Å²) < 4.78 is 0. The van der Waals surface area contributed by atoms with E-state index in [-0.39, 0.29) is 5.91 Å². The quantitative estimate of drug-likeness (QED) is 0.716. The molecule has 0 saturated heterocycles. The molecule has 1 rings (SSSR count). The lowest BCUT2D eigenvalue weighted by molar-refractivity contribution is -0.121. The molecule has 2 atom stereocenters. The van der Waals surface area contributed by atoms with Crippen LogP contribution in [0.4, 0.5) is 0 Å². The minimum Gasteiger partial charge on any atom is -0.356 e. The molecule has 0 aliphatic heterocycles. The molecule has 18 heavy (non-hydrogen) atoms. The van der Waals surface area contributed by atoms with Crippen LogP contribution in [0, 0.1) is 11.8 Å². The lowest BCUT2D eigenvalue weighted by Gasteiger charge is -2.16. The van der Waals surface area contributed by atoms with E-state index < -0.39 is 0 Å². The molecule has 0 bridgehead atoms. The largest absolute Gasteiger partial charge is 0.356 e. The lowest BCUT2D eigenvalue weighted by atomic mass is 10.0. The maximum absolute atomic E-state index is 11.6. The SMILES string of the molecule is CC(C)CNC(=O)CCNC1CCCC(C)CC1. The van der Waals surface area contributed by atoms with Gasteiger partial charge in [-0.3, -0.25) is 4.79 Å². The van der Waals surface area contributed by atoms with E-state index in [9.17, 15) is 4.79 Å². The van der Waals surface area contributed by atoms with E-state index >= 15 is 0 Å². The minimum absolute atomic E-state index is 0.179. The Balaban J connectivity index is 2.07. The van der Waals surface area contributed by atoms with Gasteiger partial charge in [0.05, 0.1) is 0 Å². The number of carbonyl (C=O) groups is 1. The second-order valence-corrected chi connectivity index (χ2v) is 6.21. The van der Waals surface area contributed by atoms with Crippen LogP contribution in [-0.4, -0.2) is 25.0 Å². The van der Waals surface area contributed by atoms with Crippen molar-refractivity contribution in [1.82, 2.24) is 10.6 Å². The van der Waals surface area contributed by atoms with Crippen LogP contribution >= 0.6 is 0 Å². The number of carbonyl (C=O) groups excluding carboxylic acids is 1. The van der Waals surface area contributed by atoms with Crippen LogP contribution in [0.25, 0.3) is 0 Å². The summed E-state index contributed by atoms with van der Waals surface area (Å²) in [6.07, 6.45) is 7.19. The van der Waals surface area contributed by atoms with E-state index in [1.54, 1.807) is 0 Å². The van der Waals surface area contributed by atoms with Crippen molar-refractivity contribution in [2.45, 2.75) is 65.3 Å². The highest BCUT2D eigenvalue weighted by Crippen LogP contribution is 2.22. The summed E-state index contributed by atoms with van der Waals surface area (Å²) in [5.74, 6) is 1.59. The first-order valence-electron chi connectivity index (χ1n) is 7.58. The van der Waals surface area contributed by atoms with Gasteiger partial charge in [-0.05, 0) is 31.1 Å². The first-order chi connectivity index (χ1) is 8.58. The fraction of sp³-hybridized carbons (Fsp3) is 0.933. The van der Waals surface area contributed by atoms with E-state index in [1.807, 2.05) is 0 Å². The van der Waals surface area contributed by atoms with Crippen LogP contribution in [0.1, 0.15) is 59.3 Å². The average Bonchev–Trinajstić information content (AvgIpc) is 2.52. The van der Waals surface area contributed by atoms with Crippen molar-refractivity contribution in [3.05, 3.63) is 0 Å². The van der Waals surface area contributed by atoms with Gasteiger partial charge in [-0.15, -0.1) is 0 Å². The fourth-order valence-corrected chi connectivity index (χ4v) is 2.49. The highest BCUT2D eigenvalue weighted by Gasteiger charge is 2.15. The van der Waals surface area contributed by atoms with Crippen molar-refractivity contribution in [1.29, 1.82) is 0 Å². The van der Waals surface area contributed by atoms with Gasteiger partial charge in [0.25, 0.3) is 0 Å². The molecule has 1 aliphatic rings. The molecule has 2 unspecified atom stereocenters. The Bertz CT molecular complexity index is 241. The van der Waals surface area contributed by atoms with Gasteiger partial charge in [0, 0.05) is 25.6 Å². The van der Waals surface area contributed by atoms with E-state index in [4.69, 9.17) is 0 Å². The molecule has 106 valence electrons. The Morgan fingerprint density at radius 1 is 1.22 bits per heavy atom. The minimum atomic E-state index is 0.179. The molecule has 0 spiro atoms. The summed E-state index contributed by atoms with van der Waals surface area (Å²) in [5.41, 5.74) is 0. The predicted octanol–water partition coefficient (Wildman–Crippen LogP) is 2.71. The Kier molecular flexibility index (Phi) is 7.33. The molecule has 3 heteroatoms. The van der Waals surface area contributed by atoms with Crippen LogP contribution in [-0.2, 0) is 4.79 Å². The molecule has 0 radical (unpaired) electrons. The van der Waals surface area contributed by atoms with Gasteiger partial charge in [0.15, 0.2) is 0 Å². The third kappa shape index (κ3) is 7.00. The van der Waals surface area contributed by atoms with Gasteiger partial charge in [-0.2, -0.15) is 0 Å². The Labute approximate surface area is 112 Å². The normalized spacial score (nSPS) is 24.9. The first-order valence-corrected chi connectivity index (χ1v) is 7.58. The Hall–Kier alpha value is -0.570. The lowest BCUT2D eigenvalue weighted by Crippen LogP contribution is -2.34. The van der Waals surface area contributed by atoms with Gasteiger partial charge in [-0.25, -0.2) is 0 Å². The Morgan fingerprint density at radius 3 is 2.72 bits per heavy atom. The molecule has 1 amide bonds. The fourth-order valence-electron chi connectivity index (χ4n) is 2.49. The molecule has 0 aromatic rings. The van der Waals surface area contributed by atoms with Crippen LogP contribution in [0.3, 0.4) is 0 Å². The number of rotatable bonds is 6. The number of hydrogen-bond donors (Lipinski definition) is 2. The smallest absolute Gasteiger partial charge is 0.221 e. The van der Waals surface area contributed by atoms with Crippen molar-refractivity contribution in [3.63, 3.8) is 0 Å². The van der Waals surface area contributed by atoms with Crippen molar-refractivity contribution in [2.24, 2.45) is 11.8 Å². The van der Waals surface area contributed by atoms with Gasteiger partial charge >= 0.3 is 0 Å². The van der Waals surface area contributed by atoms with Crippen molar-refractivity contribution >= 4 is 5.91 Å². The van der Waals surface area contributed by atoms with Gasteiger partial charge < -0.3 is 10.6 Å². The number of nitrogens with one attached hydrogen (secondary N) is 2. The van der Waals surface area contributed by atoms with Gasteiger partial charge in [-0.1, -0.05) is 33.6 Å². The van der Waals surface area contributed by atoms with E-state index in [0.717, 1.165) is 19.0 Å².